The first-order chi connectivity index (χ1) is 8.16. The summed E-state index contributed by atoms with van der Waals surface area (Å²) in [5.41, 5.74) is 0. The Kier molecular flexibility index (Phi) is 4.83. The second-order valence-corrected chi connectivity index (χ2v) is 6.11. The Morgan fingerprint density at radius 1 is 1.18 bits per heavy atom. The van der Waals surface area contributed by atoms with Crippen molar-refractivity contribution >= 4 is 0 Å². The van der Waals surface area contributed by atoms with Crippen LogP contribution >= 0.6 is 0 Å². The van der Waals surface area contributed by atoms with Crippen molar-refractivity contribution in [2.45, 2.75) is 45.8 Å². The minimum atomic E-state index is 0.474. The minimum Gasteiger partial charge on any atom is -0.377 e. The van der Waals surface area contributed by atoms with Crippen molar-refractivity contribution in [3.8, 4) is 0 Å². The first kappa shape index (κ1) is 13.3. The van der Waals surface area contributed by atoms with E-state index in [4.69, 9.17) is 4.74 Å². The van der Waals surface area contributed by atoms with Crippen LogP contribution in [-0.2, 0) is 4.74 Å². The van der Waals surface area contributed by atoms with E-state index in [1.54, 1.807) is 0 Å². The molecule has 2 fully saturated rings. The summed E-state index contributed by atoms with van der Waals surface area (Å²) in [7, 11) is 0. The molecule has 17 heavy (non-hydrogen) atoms. The Labute approximate surface area is 106 Å². The van der Waals surface area contributed by atoms with Crippen molar-refractivity contribution in [1.82, 2.24) is 10.2 Å². The van der Waals surface area contributed by atoms with Crippen LogP contribution in [0, 0.1) is 11.8 Å². The van der Waals surface area contributed by atoms with E-state index >= 15 is 0 Å². The van der Waals surface area contributed by atoms with Crippen LogP contribution in [-0.4, -0.2) is 49.8 Å². The molecule has 2 rings (SSSR count). The zero-order valence-corrected chi connectivity index (χ0v) is 11.6. The van der Waals surface area contributed by atoms with E-state index in [-0.39, 0.29) is 0 Å². The lowest BCUT2D eigenvalue weighted by atomic mass is 10.0. The number of hydrogen-bond acceptors (Lipinski definition) is 3. The summed E-state index contributed by atoms with van der Waals surface area (Å²) in [5.74, 6) is 1.48. The molecule has 2 aliphatic heterocycles. The third-order valence-electron chi connectivity index (χ3n) is 4.16. The van der Waals surface area contributed by atoms with Crippen LogP contribution in [0.4, 0.5) is 0 Å². The number of nitrogens with zero attached hydrogens (tertiary/aromatic N) is 1. The third-order valence-corrected chi connectivity index (χ3v) is 4.16. The van der Waals surface area contributed by atoms with E-state index in [2.05, 4.69) is 31.0 Å². The lowest BCUT2D eigenvalue weighted by Crippen LogP contribution is -2.49. The summed E-state index contributed by atoms with van der Waals surface area (Å²) in [6.07, 6.45) is 2.97. The molecule has 2 heterocycles. The maximum atomic E-state index is 5.85. The number of ether oxygens (including phenoxy) is 1. The molecule has 0 radical (unpaired) electrons. The van der Waals surface area contributed by atoms with Crippen molar-refractivity contribution in [2.75, 3.05) is 32.8 Å². The molecule has 1 N–H and O–H groups in total. The second kappa shape index (κ2) is 6.17. The van der Waals surface area contributed by atoms with Crippen LogP contribution in [0.25, 0.3) is 0 Å². The van der Waals surface area contributed by atoms with Gasteiger partial charge in [0.1, 0.15) is 0 Å². The van der Waals surface area contributed by atoms with E-state index < -0.39 is 0 Å². The molecule has 100 valence electrons. The van der Waals surface area contributed by atoms with Gasteiger partial charge in [0, 0.05) is 25.7 Å². The van der Waals surface area contributed by atoms with Crippen LogP contribution in [0.2, 0.25) is 0 Å². The molecule has 0 bridgehead atoms. The zero-order valence-electron chi connectivity index (χ0n) is 11.6. The van der Waals surface area contributed by atoms with Gasteiger partial charge in [-0.1, -0.05) is 13.8 Å². The van der Waals surface area contributed by atoms with Crippen molar-refractivity contribution in [3.05, 3.63) is 0 Å². The van der Waals surface area contributed by atoms with E-state index in [0.717, 1.165) is 31.5 Å². The maximum absolute atomic E-state index is 5.85. The smallest absolute Gasteiger partial charge is 0.0728 e. The van der Waals surface area contributed by atoms with Crippen LogP contribution in [0.5, 0.6) is 0 Å². The van der Waals surface area contributed by atoms with Crippen molar-refractivity contribution in [1.29, 1.82) is 0 Å². The lowest BCUT2D eigenvalue weighted by Gasteiger charge is -2.38. The summed E-state index contributed by atoms with van der Waals surface area (Å²) in [6.45, 7) is 12.7. The molecule has 0 amide bonds. The zero-order chi connectivity index (χ0) is 12.3. The fraction of sp³-hybridized carbons (Fsp3) is 1.00. The fourth-order valence-electron chi connectivity index (χ4n) is 3.13. The molecule has 0 aromatic rings. The maximum Gasteiger partial charge on any atom is 0.0728 e. The van der Waals surface area contributed by atoms with Gasteiger partial charge in [-0.25, -0.2) is 0 Å². The Morgan fingerprint density at radius 2 is 1.82 bits per heavy atom. The molecule has 2 saturated heterocycles. The van der Waals surface area contributed by atoms with Crippen molar-refractivity contribution < 1.29 is 4.74 Å². The quantitative estimate of drug-likeness (QED) is 0.795. The van der Waals surface area contributed by atoms with Gasteiger partial charge in [0.2, 0.25) is 0 Å². The Balaban J connectivity index is 1.94. The molecular formula is C14H28N2O. The van der Waals surface area contributed by atoms with Gasteiger partial charge in [0.25, 0.3) is 0 Å². The molecule has 2 aliphatic rings. The number of rotatable bonds is 2. The minimum absolute atomic E-state index is 0.474. The third kappa shape index (κ3) is 3.67. The van der Waals surface area contributed by atoms with Crippen molar-refractivity contribution in [3.63, 3.8) is 0 Å². The summed E-state index contributed by atoms with van der Waals surface area (Å²) >= 11 is 0. The van der Waals surface area contributed by atoms with Gasteiger partial charge in [-0.2, -0.15) is 0 Å². The fourth-order valence-corrected chi connectivity index (χ4v) is 3.13. The van der Waals surface area contributed by atoms with Crippen LogP contribution in [0.1, 0.15) is 33.6 Å². The molecule has 0 aromatic carbocycles. The summed E-state index contributed by atoms with van der Waals surface area (Å²) in [5, 5.41) is 3.56. The summed E-state index contributed by atoms with van der Waals surface area (Å²) in [6, 6.07) is 0.584. The van der Waals surface area contributed by atoms with E-state index in [1.807, 2.05) is 0 Å². The van der Waals surface area contributed by atoms with Crippen LogP contribution < -0.4 is 5.32 Å². The van der Waals surface area contributed by atoms with E-state index in [9.17, 15) is 0 Å². The molecule has 3 heteroatoms. The lowest BCUT2D eigenvalue weighted by molar-refractivity contribution is 0.0173. The highest BCUT2D eigenvalue weighted by Gasteiger charge is 2.29. The Bertz CT molecular complexity index is 216. The molecular weight excluding hydrogens is 212 g/mol. The number of nitrogens with one attached hydrogen (secondary N) is 1. The average molecular weight is 240 g/mol. The SMILES string of the molecule is CC1CNCC(C)CN(C(C)C2CCCO2)C1. The molecule has 0 spiro atoms. The Morgan fingerprint density at radius 3 is 2.35 bits per heavy atom. The molecule has 0 aliphatic carbocycles. The van der Waals surface area contributed by atoms with E-state index in [0.29, 0.717) is 12.1 Å². The van der Waals surface area contributed by atoms with Gasteiger partial charge in [-0.15, -0.1) is 0 Å². The largest absolute Gasteiger partial charge is 0.377 e. The van der Waals surface area contributed by atoms with Gasteiger partial charge in [0.05, 0.1) is 6.10 Å². The van der Waals surface area contributed by atoms with Gasteiger partial charge in [-0.3, -0.25) is 4.90 Å². The summed E-state index contributed by atoms with van der Waals surface area (Å²) in [4.78, 5) is 2.66. The normalized spacial score (nSPS) is 38.6. The predicted molar refractivity (Wildman–Crippen MR) is 71.2 cm³/mol. The molecule has 4 atom stereocenters. The van der Waals surface area contributed by atoms with Gasteiger partial charge in [-0.05, 0) is 44.7 Å². The second-order valence-electron chi connectivity index (χ2n) is 6.11. The number of hydrogen-bond donors (Lipinski definition) is 1. The highest BCUT2D eigenvalue weighted by atomic mass is 16.5. The van der Waals surface area contributed by atoms with Gasteiger partial charge >= 0.3 is 0 Å². The standard InChI is InChI=1S/C14H28N2O/c1-11-7-15-8-12(2)10-16(9-11)13(3)14-5-4-6-17-14/h11-15H,4-10H2,1-3H3. The van der Waals surface area contributed by atoms with Gasteiger partial charge in [0.15, 0.2) is 0 Å². The molecule has 0 aromatic heterocycles. The van der Waals surface area contributed by atoms with Crippen LogP contribution in [0.15, 0.2) is 0 Å². The summed E-state index contributed by atoms with van der Waals surface area (Å²) < 4.78 is 5.85. The van der Waals surface area contributed by atoms with Crippen LogP contribution in [0.3, 0.4) is 0 Å². The van der Waals surface area contributed by atoms with E-state index in [1.165, 1.54) is 25.9 Å². The highest BCUT2D eigenvalue weighted by Crippen LogP contribution is 2.21. The topological polar surface area (TPSA) is 24.5 Å². The molecule has 0 saturated carbocycles. The molecule has 4 unspecified atom stereocenters. The highest BCUT2D eigenvalue weighted by molar-refractivity contribution is 4.83. The van der Waals surface area contributed by atoms with Gasteiger partial charge < -0.3 is 10.1 Å². The molecule has 3 nitrogen and oxygen atoms in total. The first-order valence-electron chi connectivity index (χ1n) is 7.23. The first-order valence-corrected chi connectivity index (χ1v) is 7.23. The average Bonchev–Trinajstić information content (AvgIpc) is 2.78. The Hall–Kier alpha value is -0.120. The van der Waals surface area contributed by atoms with Crippen molar-refractivity contribution in [2.24, 2.45) is 11.8 Å². The monoisotopic (exact) mass is 240 g/mol. The predicted octanol–water partition coefficient (Wildman–Crippen LogP) is 1.73.